The third-order valence-corrected chi connectivity index (χ3v) is 2.41. The SMILES string of the molecule is O=C1C[C@@H](c2ccccc2)CCO1. The lowest BCUT2D eigenvalue weighted by molar-refractivity contribution is -0.147. The van der Waals surface area contributed by atoms with E-state index >= 15 is 0 Å². The summed E-state index contributed by atoms with van der Waals surface area (Å²) in [6, 6.07) is 10.2. The van der Waals surface area contributed by atoms with E-state index < -0.39 is 0 Å². The maximum absolute atomic E-state index is 11.0. The fourth-order valence-electron chi connectivity index (χ4n) is 1.69. The van der Waals surface area contributed by atoms with Crippen LogP contribution < -0.4 is 0 Å². The molecule has 1 aliphatic heterocycles. The van der Waals surface area contributed by atoms with Gasteiger partial charge >= 0.3 is 5.97 Å². The number of rotatable bonds is 1. The molecule has 0 radical (unpaired) electrons. The van der Waals surface area contributed by atoms with Gasteiger partial charge in [-0.25, -0.2) is 0 Å². The number of hydrogen-bond donors (Lipinski definition) is 0. The van der Waals surface area contributed by atoms with Crippen LogP contribution in [-0.2, 0) is 9.53 Å². The molecule has 1 saturated heterocycles. The van der Waals surface area contributed by atoms with Gasteiger partial charge in [-0.2, -0.15) is 0 Å². The molecule has 0 aromatic heterocycles. The van der Waals surface area contributed by atoms with Gasteiger partial charge in [-0.05, 0) is 17.9 Å². The molecule has 1 atom stereocenters. The lowest BCUT2D eigenvalue weighted by Gasteiger charge is -2.21. The van der Waals surface area contributed by atoms with Gasteiger partial charge in [-0.3, -0.25) is 4.79 Å². The zero-order valence-electron chi connectivity index (χ0n) is 7.40. The van der Waals surface area contributed by atoms with Crippen molar-refractivity contribution in [2.24, 2.45) is 0 Å². The Morgan fingerprint density at radius 1 is 1.23 bits per heavy atom. The van der Waals surface area contributed by atoms with E-state index in [0.717, 1.165) is 6.42 Å². The maximum Gasteiger partial charge on any atom is 0.306 e. The van der Waals surface area contributed by atoms with Crippen molar-refractivity contribution < 1.29 is 9.53 Å². The Morgan fingerprint density at radius 3 is 2.69 bits per heavy atom. The van der Waals surface area contributed by atoms with Gasteiger partial charge in [0.15, 0.2) is 0 Å². The fraction of sp³-hybridized carbons (Fsp3) is 0.364. The Balaban J connectivity index is 2.13. The van der Waals surface area contributed by atoms with E-state index in [-0.39, 0.29) is 5.97 Å². The smallest absolute Gasteiger partial charge is 0.306 e. The Bertz CT molecular complexity index is 292. The molecule has 0 N–H and O–H groups in total. The highest BCUT2D eigenvalue weighted by molar-refractivity contribution is 5.71. The second kappa shape index (κ2) is 3.60. The van der Waals surface area contributed by atoms with Gasteiger partial charge in [0.1, 0.15) is 0 Å². The van der Waals surface area contributed by atoms with Crippen molar-refractivity contribution in [2.75, 3.05) is 6.61 Å². The predicted octanol–water partition coefficient (Wildman–Crippen LogP) is 2.11. The first kappa shape index (κ1) is 8.30. The minimum Gasteiger partial charge on any atom is -0.466 e. The average Bonchev–Trinajstić information content (AvgIpc) is 2.19. The van der Waals surface area contributed by atoms with Crippen molar-refractivity contribution in [3.63, 3.8) is 0 Å². The molecular weight excluding hydrogens is 164 g/mol. The number of benzene rings is 1. The van der Waals surface area contributed by atoms with Crippen molar-refractivity contribution in [2.45, 2.75) is 18.8 Å². The molecule has 0 aliphatic carbocycles. The van der Waals surface area contributed by atoms with Crippen molar-refractivity contribution in [1.82, 2.24) is 0 Å². The number of cyclic esters (lactones) is 1. The van der Waals surface area contributed by atoms with Crippen molar-refractivity contribution >= 4 is 5.97 Å². The van der Waals surface area contributed by atoms with Crippen molar-refractivity contribution in [1.29, 1.82) is 0 Å². The quantitative estimate of drug-likeness (QED) is 0.612. The molecule has 0 amide bonds. The van der Waals surface area contributed by atoms with E-state index in [1.165, 1.54) is 5.56 Å². The van der Waals surface area contributed by atoms with Crippen molar-refractivity contribution in [3.8, 4) is 0 Å². The van der Waals surface area contributed by atoms with Crippen LogP contribution in [0.3, 0.4) is 0 Å². The molecule has 0 unspecified atom stereocenters. The summed E-state index contributed by atoms with van der Waals surface area (Å²) in [6.45, 7) is 0.568. The Morgan fingerprint density at radius 2 is 2.00 bits per heavy atom. The second-order valence-corrected chi connectivity index (χ2v) is 3.32. The minimum absolute atomic E-state index is 0.0693. The minimum atomic E-state index is -0.0693. The lowest BCUT2D eigenvalue weighted by atomic mass is 9.92. The predicted molar refractivity (Wildman–Crippen MR) is 49.4 cm³/mol. The Hall–Kier alpha value is -1.31. The summed E-state index contributed by atoms with van der Waals surface area (Å²) >= 11 is 0. The molecule has 2 nitrogen and oxygen atoms in total. The first-order valence-corrected chi connectivity index (χ1v) is 4.57. The van der Waals surface area contributed by atoms with E-state index in [4.69, 9.17) is 4.74 Å². The molecule has 0 spiro atoms. The molecule has 1 aliphatic rings. The molecule has 1 aromatic carbocycles. The Labute approximate surface area is 77.5 Å². The average molecular weight is 176 g/mol. The molecule has 0 bridgehead atoms. The van der Waals surface area contributed by atoms with Crippen LogP contribution in [0.15, 0.2) is 30.3 Å². The van der Waals surface area contributed by atoms with Gasteiger partial charge in [0.05, 0.1) is 13.0 Å². The summed E-state index contributed by atoms with van der Waals surface area (Å²) in [6.07, 6.45) is 1.49. The number of ether oxygens (including phenoxy) is 1. The zero-order chi connectivity index (χ0) is 9.10. The van der Waals surface area contributed by atoms with Crippen LogP contribution in [0.5, 0.6) is 0 Å². The van der Waals surface area contributed by atoms with E-state index in [1.807, 2.05) is 18.2 Å². The van der Waals surface area contributed by atoms with Crippen LogP contribution in [-0.4, -0.2) is 12.6 Å². The summed E-state index contributed by atoms with van der Waals surface area (Å²) in [5, 5.41) is 0. The van der Waals surface area contributed by atoms with Crippen LogP contribution in [0, 0.1) is 0 Å². The summed E-state index contributed by atoms with van der Waals surface area (Å²) in [5.74, 6) is 0.294. The largest absolute Gasteiger partial charge is 0.466 e. The van der Waals surface area contributed by atoms with E-state index in [0.29, 0.717) is 18.9 Å². The molecular formula is C11H12O2. The maximum atomic E-state index is 11.0. The normalized spacial score (nSPS) is 22.5. The molecule has 2 heteroatoms. The fourth-order valence-corrected chi connectivity index (χ4v) is 1.69. The molecule has 68 valence electrons. The van der Waals surface area contributed by atoms with E-state index in [1.54, 1.807) is 0 Å². The topological polar surface area (TPSA) is 26.3 Å². The van der Waals surface area contributed by atoms with Crippen LogP contribution >= 0.6 is 0 Å². The number of hydrogen-bond acceptors (Lipinski definition) is 2. The molecule has 0 saturated carbocycles. The molecule has 1 heterocycles. The molecule has 13 heavy (non-hydrogen) atoms. The summed E-state index contributed by atoms with van der Waals surface area (Å²) in [4.78, 5) is 11.0. The third kappa shape index (κ3) is 1.89. The zero-order valence-corrected chi connectivity index (χ0v) is 7.40. The lowest BCUT2D eigenvalue weighted by Crippen LogP contribution is -2.19. The summed E-state index contributed by atoms with van der Waals surface area (Å²) < 4.78 is 4.89. The van der Waals surface area contributed by atoms with Gasteiger partial charge in [0.25, 0.3) is 0 Å². The van der Waals surface area contributed by atoms with Gasteiger partial charge in [-0.1, -0.05) is 30.3 Å². The highest BCUT2D eigenvalue weighted by atomic mass is 16.5. The standard InChI is InChI=1S/C11H12O2/c12-11-8-10(6-7-13-11)9-4-2-1-3-5-9/h1-5,10H,6-8H2/t10-/m0/s1. The van der Waals surface area contributed by atoms with Gasteiger partial charge in [0.2, 0.25) is 0 Å². The summed E-state index contributed by atoms with van der Waals surface area (Å²) in [5.41, 5.74) is 1.25. The number of carbonyl (C=O) groups is 1. The number of esters is 1. The van der Waals surface area contributed by atoms with Crippen LogP contribution in [0.1, 0.15) is 24.3 Å². The monoisotopic (exact) mass is 176 g/mol. The van der Waals surface area contributed by atoms with Crippen molar-refractivity contribution in [3.05, 3.63) is 35.9 Å². The molecule has 1 fully saturated rings. The molecule has 2 rings (SSSR count). The van der Waals surface area contributed by atoms with Gasteiger partial charge < -0.3 is 4.74 Å². The highest BCUT2D eigenvalue weighted by Gasteiger charge is 2.21. The summed E-state index contributed by atoms with van der Waals surface area (Å²) in [7, 11) is 0. The van der Waals surface area contributed by atoms with Crippen LogP contribution in [0.25, 0.3) is 0 Å². The van der Waals surface area contributed by atoms with E-state index in [9.17, 15) is 4.79 Å². The van der Waals surface area contributed by atoms with E-state index in [2.05, 4.69) is 12.1 Å². The first-order chi connectivity index (χ1) is 6.36. The first-order valence-electron chi connectivity index (χ1n) is 4.57. The van der Waals surface area contributed by atoms with Crippen LogP contribution in [0.2, 0.25) is 0 Å². The number of carbonyl (C=O) groups excluding carboxylic acids is 1. The van der Waals surface area contributed by atoms with Gasteiger partial charge in [-0.15, -0.1) is 0 Å². The third-order valence-electron chi connectivity index (χ3n) is 2.41. The highest BCUT2D eigenvalue weighted by Crippen LogP contribution is 2.26. The molecule has 1 aromatic rings. The van der Waals surface area contributed by atoms with Crippen LogP contribution in [0.4, 0.5) is 0 Å². The Kier molecular flexibility index (Phi) is 2.30. The van der Waals surface area contributed by atoms with Gasteiger partial charge in [0, 0.05) is 0 Å². The second-order valence-electron chi connectivity index (χ2n) is 3.32.